The predicted molar refractivity (Wildman–Crippen MR) is 90.5 cm³/mol. The fourth-order valence-electron chi connectivity index (χ4n) is 3.11. The van der Waals surface area contributed by atoms with Crippen molar-refractivity contribution in [2.75, 3.05) is 20.3 Å². The molecule has 5 nitrogen and oxygen atoms in total. The molecule has 1 N–H and O–H groups in total. The Labute approximate surface area is 139 Å². The van der Waals surface area contributed by atoms with Crippen molar-refractivity contribution in [1.29, 1.82) is 0 Å². The van der Waals surface area contributed by atoms with Gasteiger partial charge in [-0.1, -0.05) is 12.8 Å². The third kappa shape index (κ3) is 4.93. The highest BCUT2D eigenvalue weighted by Crippen LogP contribution is 2.25. The van der Waals surface area contributed by atoms with Crippen molar-refractivity contribution in [3.8, 4) is 5.75 Å². The average Bonchev–Trinajstić information content (AvgIpc) is 2.98. The normalized spacial score (nSPS) is 16.0. The number of aryl methyl sites for hydroxylation is 2. The number of rotatable bonds is 8. The minimum Gasteiger partial charge on any atom is -0.497 e. The van der Waals surface area contributed by atoms with Crippen LogP contribution in [0, 0.1) is 13.8 Å². The second-order valence-electron chi connectivity index (χ2n) is 6.12. The molecule has 6 heteroatoms. The van der Waals surface area contributed by atoms with Crippen LogP contribution in [0.15, 0.2) is 17.0 Å². The molecule has 0 aliphatic heterocycles. The van der Waals surface area contributed by atoms with Crippen LogP contribution in [0.25, 0.3) is 0 Å². The maximum absolute atomic E-state index is 12.5. The summed E-state index contributed by atoms with van der Waals surface area (Å²) in [6.07, 6.45) is 5.81. The van der Waals surface area contributed by atoms with Crippen LogP contribution < -0.4 is 9.46 Å². The van der Waals surface area contributed by atoms with Crippen molar-refractivity contribution >= 4 is 10.0 Å². The van der Waals surface area contributed by atoms with E-state index in [9.17, 15) is 8.42 Å². The molecule has 0 spiro atoms. The smallest absolute Gasteiger partial charge is 0.241 e. The fraction of sp³-hybridized carbons (Fsp3) is 0.647. The molecule has 0 aromatic heterocycles. The second kappa shape index (κ2) is 8.13. The van der Waals surface area contributed by atoms with Gasteiger partial charge in [-0.25, -0.2) is 13.1 Å². The van der Waals surface area contributed by atoms with E-state index in [1.807, 2.05) is 0 Å². The first-order valence-electron chi connectivity index (χ1n) is 8.20. The summed E-state index contributed by atoms with van der Waals surface area (Å²) >= 11 is 0. The minimum atomic E-state index is -3.51. The van der Waals surface area contributed by atoms with Crippen LogP contribution >= 0.6 is 0 Å². The van der Waals surface area contributed by atoms with Gasteiger partial charge in [0, 0.05) is 13.2 Å². The lowest BCUT2D eigenvalue weighted by Crippen LogP contribution is -2.27. The standard InChI is InChI=1S/C17H27NO4S/c1-13-11-16(21-3)12-14(2)17(13)23(19,20)18-9-6-10-22-15-7-4-5-8-15/h11-12,15,18H,4-10H2,1-3H3. The van der Waals surface area contributed by atoms with Crippen LogP contribution in [0.5, 0.6) is 5.75 Å². The number of ether oxygens (including phenoxy) is 2. The van der Waals surface area contributed by atoms with E-state index in [4.69, 9.17) is 9.47 Å². The van der Waals surface area contributed by atoms with Crippen LogP contribution in [-0.4, -0.2) is 34.8 Å². The molecule has 0 atom stereocenters. The van der Waals surface area contributed by atoms with Crippen molar-refractivity contribution in [1.82, 2.24) is 4.72 Å². The third-order valence-corrected chi connectivity index (χ3v) is 5.97. The Bertz CT molecular complexity index is 598. The lowest BCUT2D eigenvalue weighted by Gasteiger charge is -2.14. The fourth-order valence-corrected chi connectivity index (χ4v) is 4.63. The SMILES string of the molecule is COc1cc(C)c(S(=O)(=O)NCCCOC2CCCC2)c(C)c1. The van der Waals surface area contributed by atoms with Gasteiger partial charge in [0.15, 0.2) is 0 Å². The summed E-state index contributed by atoms with van der Waals surface area (Å²) in [6.45, 7) is 4.56. The maximum atomic E-state index is 12.5. The topological polar surface area (TPSA) is 64.6 Å². The van der Waals surface area contributed by atoms with E-state index >= 15 is 0 Å². The van der Waals surface area contributed by atoms with Crippen molar-refractivity contribution in [2.45, 2.75) is 57.0 Å². The molecule has 0 amide bonds. The zero-order chi connectivity index (χ0) is 16.9. The number of sulfonamides is 1. The van der Waals surface area contributed by atoms with Crippen LogP contribution in [-0.2, 0) is 14.8 Å². The summed E-state index contributed by atoms with van der Waals surface area (Å²) in [7, 11) is -1.93. The Morgan fingerprint density at radius 3 is 2.35 bits per heavy atom. The van der Waals surface area contributed by atoms with Gasteiger partial charge in [0.2, 0.25) is 10.0 Å². The van der Waals surface area contributed by atoms with Gasteiger partial charge in [0.25, 0.3) is 0 Å². The number of benzene rings is 1. The van der Waals surface area contributed by atoms with E-state index in [1.54, 1.807) is 33.1 Å². The van der Waals surface area contributed by atoms with E-state index in [1.165, 1.54) is 12.8 Å². The second-order valence-corrected chi connectivity index (χ2v) is 7.82. The van der Waals surface area contributed by atoms with Gasteiger partial charge < -0.3 is 9.47 Å². The molecule has 1 aromatic rings. The zero-order valence-electron chi connectivity index (χ0n) is 14.2. The lowest BCUT2D eigenvalue weighted by molar-refractivity contribution is 0.0575. The molecule has 1 aromatic carbocycles. The maximum Gasteiger partial charge on any atom is 0.241 e. The summed E-state index contributed by atoms with van der Waals surface area (Å²) in [5.74, 6) is 0.670. The molecule has 23 heavy (non-hydrogen) atoms. The first-order chi connectivity index (χ1) is 10.9. The Morgan fingerprint density at radius 1 is 1.17 bits per heavy atom. The van der Waals surface area contributed by atoms with Crippen molar-refractivity contribution in [2.24, 2.45) is 0 Å². The van der Waals surface area contributed by atoms with Gasteiger partial charge in [0.1, 0.15) is 5.75 Å². The van der Waals surface area contributed by atoms with Gasteiger partial charge in [-0.3, -0.25) is 0 Å². The van der Waals surface area contributed by atoms with Gasteiger partial charge in [-0.2, -0.15) is 0 Å². The van der Waals surface area contributed by atoms with E-state index in [-0.39, 0.29) is 0 Å². The summed E-state index contributed by atoms with van der Waals surface area (Å²) in [5, 5.41) is 0. The Kier molecular flexibility index (Phi) is 6.44. The zero-order valence-corrected chi connectivity index (χ0v) is 15.0. The van der Waals surface area contributed by atoms with Crippen LogP contribution in [0.3, 0.4) is 0 Å². The Hall–Kier alpha value is -1.11. The van der Waals surface area contributed by atoms with E-state index in [0.29, 0.717) is 47.4 Å². The van der Waals surface area contributed by atoms with E-state index in [2.05, 4.69) is 4.72 Å². The highest BCUT2D eigenvalue weighted by Gasteiger charge is 2.20. The molecule has 130 valence electrons. The number of methoxy groups -OCH3 is 1. The molecule has 0 radical (unpaired) electrons. The number of hydrogen-bond acceptors (Lipinski definition) is 4. The van der Waals surface area contributed by atoms with E-state index in [0.717, 1.165) is 12.8 Å². The molecule has 1 fully saturated rings. The van der Waals surface area contributed by atoms with Gasteiger partial charge in [0.05, 0.1) is 18.1 Å². The van der Waals surface area contributed by atoms with Gasteiger partial charge in [-0.05, 0) is 56.4 Å². The van der Waals surface area contributed by atoms with Crippen LogP contribution in [0.1, 0.15) is 43.2 Å². The monoisotopic (exact) mass is 341 g/mol. The lowest BCUT2D eigenvalue weighted by atomic mass is 10.1. The minimum absolute atomic E-state index is 0.343. The molecule has 1 aliphatic carbocycles. The molecule has 0 heterocycles. The Balaban J connectivity index is 1.88. The van der Waals surface area contributed by atoms with Crippen molar-refractivity contribution < 1.29 is 17.9 Å². The van der Waals surface area contributed by atoms with E-state index < -0.39 is 10.0 Å². The first-order valence-corrected chi connectivity index (χ1v) is 9.69. The molecule has 2 rings (SSSR count). The molecule has 0 unspecified atom stereocenters. The molecular weight excluding hydrogens is 314 g/mol. The van der Waals surface area contributed by atoms with Crippen molar-refractivity contribution in [3.63, 3.8) is 0 Å². The number of nitrogens with one attached hydrogen (secondary N) is 1. The average molecular weight is 341 g/mol. The van der Waals surface area contributed by atoms with Crippen LogP contribution in [0.2, 0.25) is 0 Å². The summed E-state index contributed by atoms with van der Waals surface area (Å²) in [4.78, 5) is 0.343. The summed E-state index contributed by atoms with van der Waals surface area (Å²) < 4.78 is 38.6. The number of hydrogen-bond donors (Lipinski definition) is 1. The molecule has 0 bridgehead atoms. The highest BCUT2D eigenvalue weighted by atomic mass is 32.2. The highest BCUT2D eigenvalue weighted by molar-refractivity contribution is 7.89. The summed E-state index contributed by atoms with van der Waals surface area (Å²) in [5.41, 5.74) is 1.38. The van der Waals surface area contributed by atoms with Crippen molar-refractivity contribution in [3.05, 3.63) is 23.3 Å². The van der Waals surface area contributed by atoms with Gasteiger partial charge in [-0.15, -0.1) is 0 Å². The summed E-state index contributed by atoms with van der Waals surface area (Å²) in [6, 6.07) is 3.48. The molecule has 1 saturated carbocycles. The third-order valence-electron chi connectivity index (χ3n) is 4.21. The first kappa shape index (κ1) is 18.2. The predicted octanol–water partition coefficient (Wildman–Crippen LogP) is 2.94. The quantitative estimate of drug-likeness (QED) is 0.738. The Morgan fingerprint density at radius 2 is 1.78 bits per heavy atom. The van der Waals surface area contributed by atoms with Crippen LogP contribution in [0.4, 0.5) is 0 Å². The van der Waals surface area contributed by atoms with Gasteiger partial charge >= 0.3 is 0 Å². The largest absolute Gasteiger partial charge is 0.497 e. The molecule has 0 saturated heterocycles. The molecule has 1 aliphatic rings. The molecular formula is C17H27NO4S.